The van der Waals surface area contributed by atoms with Crippen molar-refractivity contribution in [2.24, 2.45) is 0 Å². The Morgan fingerprint density at radius 2 is 1.28 bits per heavy atom. The Hall–Kier alpha value is -1.15. The molecule has 0 radical (unpaired) electrons. The van der Waals surface area contributed by atoms with Gasteiger partial charge in [-0.15, -0.1) is 0 Å². The van der Waals surface area contributed by atoms with E-state index in [0.717, 1.165) is 26.2 Å². The van der Waals surface area contributed by atoms with E-state index in [1.807, 2.05) is 0 Å². The molecule has 13 nitrogen and oxygen atoms in total. The molecule has 0 bridgehead atoms. The van der Waals surface area contributed by atoms with E-state index < -0.39 is 76.4 Å². The summed E-state index contributed by atoms with van der Waals surface area (Å²) in [5, 5.41) is 39.9. The summed E-state index contributed by atoms with van der Waals surface area (Å²) in [4.78, 5) is 32.9. The minimum Gasteiger partial charge on any atom is -0.463 e. The summed E-state index contributed by atoms with van der Waals surface area (Å²) in [7, 11) is -4.94. The highest BCUT2D eigenvalue weighted by Crippen LogP contribution is 2.46. The first-order chi connectivity index (χ1) is 20.5. The number of rotatable bonds is 25. The number of hydrogen-bond acceptors (Lipinski definition) is 12. The fourth-order valence-corrected chi connectivity index (χ4v) is 5.49. The molecule has 0 amide bonds. The van der Waals surface area contributed by atoms with Crippen LogP contribution in [0.1, 0.15) is 117 Å². The molecule has 1 heterocycles. The standard InChI is InChI=1S/C29H55O13P/c1-3-4-5-6-7-8-9-10-11-12-13-14-15-16-17-18-25(32)39-19-23(31)20-40-43(36,37)42-29-28(35)27(34)26(33)24(41-29)21-38-22(2)30/h23-24,26-29,31,33-35H,3-21H2,1-2H3,(H,36,37)/t23?,24-,26-,27+,28-,29+/m0/s1. The first-order valence-electron chi connectivity index (χ1n) is 15.8. The fraction of sp³-hybridized carbons (Fsp3) is 0.931. The lowest BCUT2D eigenvalue weighted by molar-refractivity contribution is -0.282. The third kappa shape index (κ3) is 19.1. The van der Waals surface area contributed by atoms with Gasteiger partial charge in [0.25, 0.3) is 0 Å². The molecule has 1 saturated heterocycles. The monoisotopic (exact) mass is 642 g/mol. The van der Waals surface area contributed by atoms with Gasteiger partial charge in [-0.2, -0.15) is 0 Å². The number of phosphoric ester groups is 1. The Morgan fingerprint density at radius 1 is 0.767 bits per heavy atom. The first kappa shape index (κ1) is 39.9. The van der Waals surface area contributed by atoms with Crippen molar-refractivity contribution in [3.05, 3.63) is 0 Å². The molecule has 43 heavy (non-hydrogen) atoms. The van der Waals surface area contributed by atoms with Crippen molar-refractivity contribution < 1.29 is 62.7 Å². The van der Waals surface area contributed by atoms with Crippen LogP contribution in [0.4, 0.5) is 0 Å². The Morgan fingerprint density at radius 3 is 1.79 bits per heavy atom. The van der Waals surface area contributed by atoms with E-state index in [1.165, 1.54) is 70.6 Å². The third-order valence-electron chi connectivity index (χ3n) is 7.21. The van der Waals surface area contributed by atoms with Gasteiger partial charge in [-0.05, 0) is 6.42 Å². The number of unbranched alkanes of at least 4 members (excludes halogenated alkanes) is 14. The van der Waals surface area contributed by atoms with Gasteiger partial charge in [-0.1, -0.05) is 96.8 Å². The van der Waals surface area contributed by atoms with Crippen LogP contribution >= 0.6 is 7.82 Å². The summed E-state index contributed by atoms with van der Waals surface area (Å²) in [6, 6.07) is 0. The molecule has 0 saturated carbocycles. The van der Waals surface area contributed by atoms with Crippen molar-refractivity contribution in [1.29, 1.82) is 0 Å². The number of esters is 2. The second-order valence-electron chi connectivity index (χ2n) is 11.2. The van der Waals surface area contributed by atoms with Crippen molar-refractivity contribution in [2.75, 3.05) is 19.8 Å². The summed E-state index contributed by atoms with van der Waals surface area (Å²) >= 11 is 0. The van der Waals surface area contributed by atoms with Gasteiger partial charge in [0.05, 0.1) is 6.61 Å². The van der Waals surface area contributed by atoms with Gasteiger partial charge in [0.1, 0.15) is 43.7 Å². The van der Waals surface area contributed by atoms with E-state index in [4.69, 9.17) is 18.7 Å². The fourth-order valence-electron chi connectivity index (χ4n) is 4.63. The zero-order valence-electron chi connectivity index (χ0n) is 25.8. The van der Waals surface area contributed by atoms with Crippen LogP contribution in [0.5, 0.6) is 0 Å². The van der Waals surface area contributed by atoms with Crippen molar-refractivity contribution >= 4 is 19.8 Å². The predicted octanol–water partition coefficient (Wildman–Crippen LogP) is 3.66. The van der Waals surface area contributed by atoms with E-state index in [-0.39, 0.29) is 6.42 Å². The van der Waals surface area contributed by atoms with Gasteiger partial charge >= 0.3 is 19.8 Å². The molecule has 0 aromatic carbocycles. The maximum absolute atomic E-state index is 12.3. The molecule has 2 unspecified atom stereocenters. The lowest BCUT2D eigenvalue weighted by atomic mass is 9.99. The van der Waals surface area contributed by atoms with Crippen molar-refractivity contribution in [3.8, 4) is 0 Å². The number of hydrogen-bond donors (Lipinski definition) is 5. The average Bonchev–Trinajstić information content (AvgIpc) is 2.96. The molecular weight excluding hydrogens is 587 g/mol. The van der Waals surface area contributed by atoms with Crippen LogP contribution in [0, 0.1) is 0 Å². The largest absolute Gasteiger partial charge is 0.474 e. The summed E-state index contributed by atoms with van der Waals surface area (Å²) in [5.41, 5.74) is 0. The Balaban J connectivity index is 2.12. The normalized spacial score (nSPS) is 24.3. The number of phosphoric acid groups is 1. The van der Waals surface area contributed by atoms with Gasteiger partial charge < -0.3 is 39.5 Å². The molecule has 1 fully saturated rings. The van der Waals surface area contributed by atoms with E-state index in [1.54, 1.807) is 0 Å². The Kier molecular flexibility index (Phi) is 21.5. The number of aliphatic hydroxyl groups is 4. The predicted molar refractivity (Wildman–Crippen MR) is 157 cm³/mol. The zero-order chi connectivity index (χ0) is 32.1. The van der Waals surface area contributed by atoms with E-state index in [9.17, 15) is 39.5 Å². The van der Waals surface area contributed by atoms with E-state index in [2.05, 4.69) is 11.4 Å². The van der Waals surface area contributed by atoms with Gasteiger partial charge in [0, 0.05) is 13.3 Å². The van der Waals surface area contributed by atoms with Crippen LogP contribution in [0.2, 0.25) is 0 Å². The van der Waals surface area contributed by atoms with Crippen molar-refractivity contribution in [1.82, 2.24) is 0 Å². The molecule has 7 atom stereocenters. The first-order valence-corrected chi connectivity index (χ1v) is 17.3. The van der Waals surface area contributed by atoms with Gasteiger partial charge in [0.15, 0.2) is 6.29 Å². The second-order valence-corrected chi connectivity index (χ2v) is 12.6. The lowest BCUT2D eigenvalue weighted by Crippen LogP contribution is -2.59. The smallest absolute Gasteiger partial charge is 0.463 e. The van der Waals surface area contributed by atoms with Gasteiger partial charge in [-0.25, -0.2) is 4.57 Å². The molecule has 1 aliphatic rings. The topological polar surface area (TPSA) is 199 Å². The average molecular weight is 643 g/mol. The Labute approximate surface area is 255 Å². The Bertz CT molecular complexity index is 798. The molecular formula is C29H55O13P. The molecule has 0 spiro atoms. The van der Waals surface area contributed by atoms with Crippen LogP contribution in [-0.2, 0) is 37.4 Å². The molecule has 254 valence electrons. The van der Waals surface area contributed by atoms with Crippen molar-refractivity contribution in [3.63, 3.8) is 0 Å². The molecule has 0 aromatic rings. The number of carbonyl (C=O) groups excluding carboxylic acids is 2. The lowest BCUT2D eigenvalue weighted by Gasteiger charge is -2.39. The van der Waals surface area contributed by atoms with E-state index >= 15 is 0 Å². The number of aliphatic hydroxyl groups excluding tert-OH is 4. The maximum atomic E-state index is 12.3. The number of carbonyl (C=O) groups is 2. The van der Waals surface area contributed by atoms with Crippen LogP contribution < -0.4 is 0 Å². The van der Waals surface area contributed by atoms with Crippen LogP contribution in [0.15, 0.2) is 0 Å². The highest BCUT2D eigenvalue weighted by atomic mass is 31.2. The molecule has 0 aromatic heterocycles. The summed E-state index contributed by atoms with van der Waals surface area (Å²) in [5.74, 6) is -1.20. The summed E-state index contributed by atoms with van der Waals surface area (Å²) in [6.07, 6.45) is 8.29. The minimum absolute atomic E-state index is 0.201. The maximum Gasteiger partial charge on any atom is 0.474 e. The van der Waals surface area contributed by atoms with Crippen molar-refractivity contribution in [2.45, 2.75) is 153 Å². The van der Waals surface area contributed by atoms with Crippen LogP contribution in [0.3, 0.4) is 0 Å². The van der Waals surface area contributed by atoms with Gasteiger partial charge in [-0.3, -0.25) is 18.6 Å². The van der Waals surface area contributed by atoms with Gasteiger partial charge in [0.2, 0.25) is 0 Å². The summed E-state index contributed by atoms with van der Waals surface area (Å²) < 4.78 is 36.6. The SMILES string of the molecule is CCCCCCCCCCCCCCCCCC(=O)OCC(O)COP(=O)(O)O[C@H]1O[C@@H](COC(C)=O)[C@H](O)[C@@H](O)[C@@H]1O. The highest BCUT2D eigenvalue weighted by Gasteiger charge is 2.47. The van der Waals surface area contributed by atoms with Crippen LogP contribution in [-0.4, -0.2) is 93.9 Å². The minimum atomic E-state index is -4.94. The molecule has 1 aliphatic heterocycles. The molecule has 0 aliphatic carbocycles. The molecule has 5 N–H and O–H groups in total. The second kappa shape index (κ2) is 23.2. The molecule has 14 heteroatoms. The zero-order valence-corrected chi connectivity index (χ0v) is 26.7. The molecule has 1 rings (SSSR count). The van der Waals surface area contributed by atoms with Crippen LogP contribution in [0.25, 0.3) is 0 Å². The quantitative estimate of drug-likeness (QED) is 0.0550. The number of ether oxygens (including phenoxy) is 3. The third-order valence-corrected chi connectivity index (χ3v) is 8.16. The van der Waals surface area contributed by atoms with E-state index in [0.29, 0.717) is 6.42 Å². The highest BCUT2D eigenvalue weighted by molar-refractivity contribution is 7.47. The summed E-state index contributed by atoms with van der Waals surface area (Å²) in [6.45, 7) is 1.62.